The Kier molecular flexibility index (Phi) is 7.16. The Morgan fingerprint density at radius 2 is 2.06 bits per heavy atom. The van der Waals surface area contributed by atoms with Crippen molar-refractivity contribution in [2.24, 2.45) is 0 Å². The third-order valence-electron chi connectivity index (χ3n) is 2.73. The van der Waals surface area contributed by atoms with E-state index in [1.807, 2.05) is 4.90 Å². The Morgan fingerprint density at radius 3 is 2.71 bits per heavy atom. The predicted octanol–water partition coefficient (Wildman–Crippen LogP) is -0.177. The first-order chi connectivity index (χ1) is 8.20. The Hall–Kier alpha value is -0.650. The van der Waals surface area contributed by atoms with Crippen molar-refractivity contribution in [3.05, 3.63) is 0 Å². The second-order valence-electron chi connectivity index (χ2n) is 4.60. The van der Waals surface area contributed by atoms with Crippen molar-refractivity contribution in [1.82, 2.24) is 15.5 Å². The number of rotatable bonds is 7. The molecule has 2 N–H and O–H groups in total. The second kappa shape index (κ2) is 8.44. The maximum absolute atomic E-state index is 11.7. The number of ether oxygens (including phenoxy) is 1. The molecule has 0 spiro atoms. The molecule has 0 unspecified atom stereocenters. The molecule has 0 aromatic carbocycles. The zero-order valence-electron chi connectivity index (χ0n) is 11.0. The molecule has 0 aromatic heterocycles. The van der Waals surface area contributed by atoms with E-state index in [2.05, 4.69) is 24.5 Å². The summed E-state index contributed by atoms with van der Waals surface area (Å²) in [6, 6.07) is 0.487. The molecule has 1 fully saturated rings. The van der Waals surface area contributed by atoms with E-state index < -0.39 is 0 Å². The SMILES string of the molecule is CC(C)NCCOCCC(=O)N1CCNCC1. The van der Waals surface area contributed by atoms with E-state index in [1.165, 1.54) is 0 Å². The molecule has 0 saturated carbocycles. The molecular formula is C12H25N3O2. The molecule has 5 nitrogen and oxygen atoms in total. The zero-order chi connectivity index (χ0) is 12.5. The van der Waals surface area contributed by atoms with E-state index in [-0.39, 0.29) is 5.91 Å². The summed E-state index contributed by atoms with van der Waals surface area (Å²) in [6.45, 7) is 9.73. The molecule has 0 aromatic rings. The van der Waals surface area contributed by atoms with Crippen molar-refractivity contribution < 1.29 is 9.53 Å². The first kappa shape index (κ1) is 14.4. The van der Waals surface area contributed by atoms with Gasteiger partial charge in [0.25, 0.3) is 0 Å². The van der Waals surface area contributed by atoms with Gasteiger partial charge in [0.05, 0.1) is 19.6 Å². The summed E-state index contributed by atoms with van der Waals surface area (Å²) in [4.78, 5) is 13.7. The van der Waals surface area contributed by atoms with Crippen LogP contribution in [0, 0.1) is 0 Å². The molecule has 0 bridgehead atoms. The highest BCUT2D eigenvalue weighted by molar-refractivity contribution is 5.76. The van der Waals surface area contributed by atoms with Gasteiger partial charge in [-0.05, 0) is 0 Å². The maximum atomic E-state index is 11.7. The summed E-state index contributed by atoms with van der Waals surface area (Å²) in [7, 11) is 0. The van der Waals surface area contributed by atoms with Crippen molar-refractivity contribution >= 4 is 5.91 Å². The minimum atomic E-state index is 0.211. The van der Waals surface area contributed by atoms with Crippen molar-refractivity contribution in [3.8, 4) is 0 Å². The molecule has 0 radical (unpaired) electrons. The molecule has 5 heteroatoms. The third-order valence-corrected chi connectivity index (χ3v) is 2.73. The smallest absolute Gasteiger partial charge is 0.224 e. The normalized spacial score (nSPS) is 16.5. The fraction of sp³-hybridized carbons (Fsp3) is 0.917. The predicted molar refractivity (Wildman–Crippen MR) is 68.0 cm³/mol. The summed E-state index contributed by atoms with van der Waals surface area (Å²) in [5, 5.41) is 6.50. The van der Waals surface area contributed by atoms with E-state index >= 15 is 0 Å². The molecule has 17 heavy (non-hydrogen) atoms. The van der Waals surface area contributed by atoms with Gasteiger partial charge in [-0.25, -0.2) is 0 Å². The van der Waals surface area contributed by atoms with Crippen LogP contribution in [0.1, 0.15) is 20.3 Å². The quantitative estimate of drug-likeness (QED) is 0.609. The number of nitrogens with one attached hydrogen (secondary N) is 2. The highest BCUT2D eigenvalue weighted by atomic mass is 16.5. The first-order valence-corrected chi connectivity index (χ1v) is 6.50. The Balaban J connectivity index is 1.96. The van der Waals surface area contributed by atoms with Gasteiger partial charge < -0.3 is 20.3 Å². The summed E-state index contributed by atoms with van der Waals surface area (Å²) >= 11 is 0. The molecule has 1 saturated heterocycles. The van der Waals surface area contributed by atoms with Crippen LogP contribution in [-0.2, 0) is 9.53 Å². The first-order valence-electron chi connectivity index (χ1n) is 6.50. The van der Waals surface area contributed by atoms with Crippen LogP contribution in [0.5, 0.6) is 0 Å². The monoisotopic (exact) mass is 243 g/mol. The molecule has 0 atom stereocenters. The third kappa shape index (κ3) is 6.61. The number of carbonyl (C=O) groups excluding carboxylic acids is 1. The number of hydrogen-bond donors (Lipinski definition) is 2. The van der Waals surface area contributed by atoms with Gasteiger partial charge in [0.1, 0.15) is 0 Å². The van der Waals surface area contributed by atoms with Gasteiger partial charge in [-0.2, -0.15) is 0 Å². The molecule has 100 valence electrons. The largest absolute Gasteiger partial charge is 0.380 e. The number of nitrogens with zero attached hydrogens (tertiary/aromatic N) is 1. The average molecular weight is 243 g/mol. The van der Waals surface area contributed by atoms with Crippen LogP contribution in [0.15, 0.2) is 0 Å². The summed E-state index contributed by atoms with van der Waals surface area (Å²) in [6.07, 6.45) is 0.502. The van der Waals surface area contributed by atoms with Crippen molar-refractivity contribution in [1.29, 1.82) is 0 Å². The summed E-state index contributed by atoms with van der Waals surface area (Å²) in [5.41, 5.74) is 0. The Labute approximate surface area is 104 Å². The standard InChI is InChI=1S/C12H25N3O2/c1-11(2)14-6-10-17-9-3-12(16)15-7-4-13-5-8-15/h11,13-14H,3-10H2,1-2H3. The molecule has 0 aliphatic carbocycles. The van der Waals surface area contributed by atoms with E-state index in [4.69, 9.17) is 4.74 Å². The minimum absolute atomic E-state index is 0.211. The lowest BCUT2D eigenvalue weighted by atomic mass is 10.3. The van der Waals surface area contributed by atoms with Gasteiger partial charge in [0, 0.05) is 38.8 Å². The molecule has 1 rings (SSSR count). The highest BCUT2D eigenvalue weighted by Gasteiger charge is 2.15. The topological polar surface area (TPSA) is 53.6 Å². The second-order valence-corrected chi connectivity index (χ2v) is 4.60. The minimum Gasteiger partial charge on any atom is -0.380 e. The average Bonchev–Trinajstić information content (AvgIpc) is 2.34. The zero-order valence-corrected chi connectivity index (χ0v) is 11.0. The van der Waals surface area contributed by atoms with Crippen molar-refractivity contribution in [2.75, 3.05) is 45.9 Å². The molecule has 1 aliphatic heterocycles. The van der Waals surface area contributed by atoms with Crippen LogP contribution in [0.25, 0.3) is 0 Å². The van der Waals surface area contributed by atoms with Crippen LogP contribution in [0.2, 0.25) is 0 Å². The van der Waals surface area contributed by atoms with Gasteiger partial charge in [-0.15, -0.1) is 0 Å². The lowest BCUT2D eigenvalue weighted by Crippen LogP contribution is -2.46. The number of piperazine rings is 1. The number of amides is 1. The van der Waals surface area contributed by atoms with Crippen LogP contribution in [-0.4, -0.2) is 62.8 Å². The van der Waals surface area contributed by atoms with E-state index in [9.17, 15) is 4.79 Å². The Bertz CT molecular complexity index is 216. The van der Waals surface area contributed by atoms with E-state index in [0.29, 0.717) is 25.7 Å². The molecule has 1 aliphatic rings. The molecular weight excluding hydrogens is 218 g/mol. The highest BCUT2D eigenvalue weighted by Crippen LogP contribution is 1.97. The fourth-order valence-corrected chi connectivity index (χ4v) is 1.75. The molecule has 1 heterocycles. The summed E-state index contributed by atoms with van der Waals surface area (Å²) in [5.74, 6) is 0.211. The number of carbonyl (C=O) groups is 1. The lowest BCUT2D eigenvalue weighted by molar-refractivity contribution is -0.132. The lowest BCUT2D eigenvalue weighted by Gasteiger charge is -2.27. The maximum Gasteiger partial charge on any atom is 0.224 e. The van der Waals surface area contributed by atoms with Gasteiger partial charge in [-0.1, -0.05) is 13.8 Å². The fourth-order valence-electron chi connectivity index (χ4n) is 1.75. The van der Waals surface area contributed by atoms with Crippen molar-refractivity contribution in [2.45, 2.75) is 26.3 Å². The van der Waals surface area contributed by atoms with Gasteiger partial charge in [0.15, 0.2) is 0 Å². The van der Waals surface area contributed by atoms with Crippen molar-refractivity contribution in [3.63, 3.8) is 0 Å². The summed E-state index contributed by atoms with van der Waals surface area (Å²) < 4.78 is 5.42. The Morgan fingerprint density at radius 1 is 1.35 bits per heavy atom. The van der Waals surface area contributed by atoms with Crippen LogP contribution in [0.4, 0.5) is 0 Å². The molecule has 1 amide bonds. The van der Waals surface area contributed by atoms with Gasteiger partial charge >= 0.3 is 0 Å². The number of hydrogen-bond acceptors (Lipinski definition) is 4. The van der Waals surface area contributed by atoms with E-state index in [0.717, 1.165) is 32.7 Å². The van der Waals surface area contributed by atoms with E-state index in [1.54, 1.807) is 0 Å². The van der Waals surface area contributed by atoms with Crippen LogP contribution >= 0.6 is 0 Å². The van der Waals surface area contributed by atoms with Crippen LogP contribution < -0.4 is 10.6 Å². The van der Waals surface area contributed by atoms with Gasteiger partial charge in [0.2, 0.25) is 5.91 Å². The van der Waals surface area contributed by atoms with Gasteiger partial charge in [-0.3, -0.25) is 4.79 Å². The van der Waals surface area contributed by atoms with Crippen LogP contribution in [0.3, 0.4) is 0 Å².